The smallest absolute Gasteiger partial charge is 0.312 e. The number of alkyl halides is 3. The normalized spacial score (nSPS) is 19.6. The van der Waals surface area contributed by atoms with Gasteiger partial charge in [-0.2, -0.15) is 13.2 Å². The molecule has 0 spiro atoms. The van der Waals surface area contributed by atoms with Gasteiger partial charge < -0.3 is 5.32 Å². The highest BCUT2D eigenvalue weighted by molar-refractivity contribution is 5.19. The number of halogens is 3. The Hall–Kier alpha value is -1.11. The fraction of sp³-hybridized carbons (Fsp3) is 0.600. The van der Waals surface area contributed by atoms with Gasteiger partial charge in [0, 0.05) is 38.8 Å². The number of piperazine rings is 1. The van der Waals surface area contributed by atoms with Crippen LogP contribution in [-0.4, -0.2) is 62.3 Å². The van der Waals surface area contributed by atoms with Crippen LogP contribution in [0.4, 0.5) is 13.2 Å². The van der Waals surface area contributed by atoms with Gasteiger partial charge in [0.25, 0.3) is 0 Å². The van der Waals surface area contributed by atoms with E-state index >= 15 is 0 Å². The van der Waals surface area contributed by atoms with E-state index in [1.54, 1.807) is 0 Å². The Bertz CT molecular complexity index is 414. The summed E-state index contributed by atoms with van der Waals surface area (Å²) in [7, 11) is 1.91. The predicted octanol–water partition coefficient (Wildman–Crippen LogP) is 2.13. The second-order valence-electron chi connectivity index (χ2n) is 5.44. The average Bonchev–Trinajstić information content (AvgIpc) is 2.46. The number of rotatable bonds is 5. The molecule has 21 heavy (non-hydrogen) atoms. The molecule has 1 aliphatic rings. The molecule has 0 aliphatic carbocycles. The maximum absolute atomic E-state index is 12.4. The molecule has 1 fully saturated rings. The molecule has 1 aliphatic heterocycles. The first-order chi connectivity index (χ1) is 9.98. The van der Waals surface area contributed by atoms with E-state index in [2.05, 4.69) is 22.3 Å². The molecule has 1 heterocycles. The summed E-state index contributed by atoms with van der Waals surface area (Å²) >= 11 is 0. The zero-order valence-electron chi connectivity index (χ0n) is 12.2. The summed E-state index contributed by atoms with van der Waals surface area (Å²) in [5.74, 6) is 0. The van der Waals surface area contributed by atoms with Crippen molar-refractivity contribution in [3.63, 3.8) is 0 Å². The van der Waals surface area contributed by atoms with Gasteiger partial charge in [0.05, 0.1) is 6.54 Å². The average molecular weight is 301 g/mol. The number of likely N-dealkylation sites (N-methyl/N-ethyl adjacent to an activating group) is 1. The third kappa shape index (κ3) is 5.30. The van der Waals surface area contributed by atoms with Crippen molar-refractivity contribution >= 4 is 0 Å². The van der Waals surface area contributed by atoms with E-state index in [9.17, 15) is 13.2 Å². The Kier molecular flexibility index (Phi) is 5.61. The van der Waals surface area contributed by atoms with Crippen LogP contribution in [0.5, 0.6) is 0 Å². The van der Waals surface area contributed by atoms with Crippen LogP contribution in [0.2, 0.25) is 0 Å². The maximum atomic E-state index is 12.4. The Balaban J connectivity index is 1.82. The summed E-state index contributed by atoms with van der Waals surface area (Å²) < 4.78 is 37.1. The molecule has 0 amide bonds. The highest BCUT2D eigenvalue weighted by Gasteiger charge is 2.32. The molecule has 1 atom stereocenters. The molecule has 2 rings (SSSR count). The van der Waals surface area contributed by atoms with E-state index in [0.717, 1.165) is 6.54 Å². The lowest BCUT2D eigenvalue weighted by Crippen LogP contribution is -2.50. The molecule has 1 aromatic rings. The van der Waals surface area contributed by atoms with Crippen LogP contribution in [0.15, 0.2) is 30.3 Å². The molecule has 1 N–H and O–H groups in total. The predicted molar refractivity (Wildman–Crippen MR) is 77.2 cm³/mol. The molecule has 0 aromatic heterocycles. The van der Waals surface area contributed by atoms with E-state index in [1.807, 2.05) is 25.2 Å². The van der Waals surface area contributed by atoms with E-state index in [-0.39, 0.29) is 6.04 Å². The number of nitrogens with one attached hydrogen (secondary N) is 1. The van der Waals surface area contributed by atoms with Crippen LogP contribution in [-0.2, 0) is 0 Å². The molecule has 0 saturated carbocycles. The molecule has 118 valence electrons. The van der Waals surface area contributed by atoms with Crippen molar-refractivity contribution in [2.75, 3.05) is 46.3 Å². The Morgan fingerprint density at radius 2 is 1.62 bits per heavy atom. The minimum atomic E-state index is -4.10. The van der Waals surface area contributed by atoms with Gasteiger partial charge in [0.1, 0.15) is 0 Å². The summed E-state index contributed by atoms with van der Waals surface area (Å²) in [6, 6.07) is 10.3. The third-order valence-electron chi connectivity index (χ3n) is 3.86. The second-order valence-corrected chi connectivity index (χ2v) is 5.44. The van der Waals surface area contributed by atoms with Gasteiger partial charge in [-0.1, -0.05) is 30.3 Å². The Labute approximate surface area is 123 Å². The second kappa shape index (κ2) is 7.24. The summed E-state index contributed by atoms with van der Waals surface area (Å²) in [5.41, 5.74) is 1.21. The minimum absolute atomic E-state index is 0.209. The Morgan fingerprint density at radius 1 is 1.05 bits per heavy atom. The standard InChI is InChI=1S/C15H22F3N3/c1-19-14(13-5-3-2-4-6-13)11-20-7-9-21(10-8-20)12-15(16,17)18/h2-6,14,19H,7-12H2,1H3. The molecule has 3 nitrogen and oxygen atoms in total. The van der Waals surface area contributed by atoms with Crippen molar-refractivity contribution < 1.29 is 13.2 Å². The first-order valence-electron chi connectivity index (χ1n) is 7.21. The summed E-state index contributed by atoms with van der Waals surface area (Å²) in [5, 5.41) is 3.28. The molecule has 0 radical (unpaired) electrons. The Morgan fingerprint density at radius 3 is 2.14 bits per heavy atom. The van der Waals surface area contributed by atoms with Gasteiger partial charge in [0.2, 0.25) is 0 Å². The van der Waals surface area contributed by atoms with Gasteiger partial charge in [-0.3, -0.25) is 9.80 Å². The quantitative estimate of drug-likeness (QED) is 0.899. The van der Waals surface area contributed by atoms with Crippen LogP contribution >= 0.6 is 0 Å². The first kappa shape index (κ1) is 16.3. The summed E-state index contributed by atoms with van der Waals surface area (Å²) in [6.07, 6.45) is -4.10. The van der Waals surface area contributed by atoms with Crippen molar-refractivity contribution in [2.45, 2.75) is 12.2 Å². The molecular weight excluding hydrogens is 279 g/mol. The van der Waals surface area contributed by atoms with Gasteiger partial charge in [-0.15, -0.1) is 0 Å². The maximum Gasteiger partial charge on any atom is 0.401 e. The topological polar surface area (TPSA) is 18.5 Å². The lowest BCUT2D eigenvalue weighted by molar-refractivity contribution is -0.149. The van der Waals surface area contributed by atoms with Gasteiger partial charge >= 0.3 is 6.18 Å². The molecule has 1 aromatic carbocycles. The zero-order chi connectivity index (χ0) is 15.3. The summed E-state index contributed by atoms with van der Waals surface area (Å²) in [4.78, 5) is 3.70. The van der Waals surface area contributed by atoms with Crippen LogP contribution in [0.1, 0.15) is 11.6 Å². The van der Waals surface area contributed by atoms with Crippen molar-refractivity contribution in [2.24, 2.45) is 0 Å². The minimum Gasteiger partial charge on any atom is -0.312 e. The van der Waals surface area contributed by atoms with Crippen molar-refractivity contribution in [1.82, 2.24) is 15.1 Å². The zero-order valence-corrected chi connectivity index (χ0v) is 12.2. The largest absolute Gasteiger partial charge is 0.401 e. The molecule has 6 heteroatoms. The highest BCUT2D eigenvalue weighted by atomic mass is 19.4. The highest BCUT2D eigenvalue weighted by Crippen LogP contribution is 2.19. The number of hydrogen-bond donors (Lipinski definition) is 1. The number of benzene rings is 1. The van der Waals surface area contributed by atoms with Crippen LogP contribution in [0.3, 0.4) is 0 Å². The van der Waals surface area contributed by atoms with Gasteiger partial charge in [-0.05, 0) is 12.6 Å². The van der Waals surface area contributed by atoms with Crippen LogP contribution in [0, 0.1) is 0 Å². The SMILES string of the molecule is CNC(CN1CCN(CC(F)(F)F)CC1)c1ccccc1. The fourth-order valence-corrected chi connectivity index (χ4v) is 2.69. The van der Waals surface area contributed by atoms with Crippen molar-refractivity contribution in [3.05, 3.63) is 35.9 Å². The molecule has 1 saturated heterocycles. The van der Waals surface area contributed by atoms with Crippen molar-refractivity contribution in [1.29, 1.82) is 0 Å². The van der Waals surface area contributed by atoms with E-state index in [4.69, 9.17) is 0 Å². The van der Waals surface area contributed by atoms with Gasteiger partial charge in [-0.25, -0.2) is 0 Å². The summed E-state index contributed by atoms with van der Waals surface area (Å²) in [6.45, 7) is 2.34. The fourth-order valence-electron chi connectivity index (χ4n) is 2.69. The van der Waals surface area contributed by atoms with E-state index in [0.29, 0.717) is 26.2 Å². The monoisotopic (exact) mass is 301 g/mol. The molecular formula is C15H22F3N3. The van der Waals surface area contributed by atoms with Crippen LogP contribution < -0.4 is 5.32 Å². The third-order valence-corrected chi connectivity index (χ3v) is 3.86. The van der Waals surface area contributed by atoms with Crippen LogP contribution in [0.25, 0.3) is 0 Å². The van der Waals surface area contributed by atoms with Crippen molar-refractivity contribution in [3.8, 4) is 0 Å². The lowest BCUT2D eigenvalue weighted by atomic mass is 10.1. The lowest BCUT2D eigenvalue weighted by Gasteiger charge is -2.36. The first-order valence-corrected chi connectivity index (χ1v) is 7.21. The number of nitrogens with zero attached hydrogens (tertiary/aromatic N) is 2. The molecule has 0 bridgehead atoms. The van der Waals surface area contributed by atoms with Gasteiger partial charge in [0.15, 0.2) is 0 Å². The van der Waals surface area contributed by atoms with E-state index in [1.165, 1.54) is 10.5 Å². The number of hydrogen-bond acceptors (Lipinski definition) is 3. The van der Waals surface area contributed by atoms with E-state index < -0.39 is 12.7 Å². The molecule has 1 unspecified atom stereocenters.